The highest BCUT2D eigenvalue weighted by Crippen LogP contribution is 2.31. The monoisotopic (exact) mass is 391 g/mol. The normalized spacial score (nSPS) is 12.5. The zero-order valence-corrected chi connectivity index (χ0v) is 13.1. The van der Waals surface area contributed by atoms with E-state index in [1.165, 1.54) is 6.07 Å². The minimum absolute atomic E-state index is 0.360. The molecular weight excluding hydrogens is 384 g/mol. The topological polar surface area (TPSA) is 26.0 Å². The third kappa shape index (κ3) is 2.94. The Morgan fingerprint density at radius 3 is 2.33 bits per heavy atom. The molecule has 1 unspecified atom stereocenters. The first-order chi connectivity index (χ1) is 8.49. The predicted molar refractivity (Wildman–Crippen MR) is 79.3 cm³/mol. The van der Waals surface area contributed by atoms with Crippen LogP contribution in [-0.4, -0.2) is 0 Å². The minimum atomic E-state index is -0.537. The zero-order chi connectivity index (χ0) is 13.3. The summed E-state index contributed by atoms with van der Waals surface area (Å²) in [4.78, 5) is 0. The Hall–Kier alpha value is -0.420. The second kappa shape index (κ2) is 5.70. The average molecular weight is 393 g/mol. The summed E-state index contributed by atoms with van der Waals surface area (Å²) in [5, 5.41) is 0.360. The number of hydrogen-bond donors (Lipinski definition) is 1. The number of benzene rings is 2. The highest BCUT2D eigenvalue weighted by Gasteiger charge is 2.16. The van der Waals surface area contributed by atoms with Gasteiger partial charge in [-0.1, -0.05) is 55.6 Å². The molecule has 2 N–H and O–H groups in total. The number of hydrogen-bond acceptors (Lipinski definition) is 1. The molecule has 2 rings (SSSR count). The quantitative estimate of drug-likeness (QED) is 0.759. The first-order valence-corrected chi connectivity index (χ1v) is 7.11. The number of rotatable bonds is 2. The lowest BCUT2D eigenvalue weighted by molar-refractivity contribution is 0.599. The van der Waals surface area contributed by atoms with Crippen molar-refractivity contribution in [1.82, 2.24) is 0 Å². The van der Waals surface area contributed by atoms with Gasteiger partial charge in [-0.2, -0.15) is 0 Å². The SMILES string of the molecule is NC(c1ccc(Cl)cc1F)c1ccc(Br)cc1Br. The first kappa shape index (κ1) is 14.0. The summed E-state index contributed by atoms with van der Waals surface area (Å²) in [5.41, 5.74) is 7.33. The molecule has 0 spiro atoms. The summed E-state index contributed by atoms with van der Waals surface area (Å²) in [6.07, 6.45) is 0. The van der Waals surface area contributed by atoms with Gasteiger partial charge in [0.2, 0.25) is 0 Å². The maximum absolute atomic E-state index is 13.8. The summed E-state index contributed by atoms with van der Waals surface area (Å²) < 4.78 is 15.6. The molecule has 0 fully saturated rings. The van der Waals surface area contributed by atoms with Crippen LogP contribution in [0.5, 0.6) is 0 Å². The average Bonchev–Trinajstić information content (AvgIpc) is 2.28. The Bertz CT molecular complexity index is 538. The fraction of sp³-hybridized carbons (Fsp3) is 0.0769. The molecule has 2 aromatic carbocycles. The highest BCUT2D eigenvalue weighted by molar-refractivity contribution is 9.11. The Labute approximate surface area is 126 Å². The van der Waals surface area contributed by atoms with Gasteiger partial charge in [0.25, 0.3) is 0 Å². The molecule has 94 valence electrons. The van der Waals surface area contributed by atoms with Crippen LogP contribution in [-0.2, 0) is 0 Å². The summed E-state index contributed by atoms with van der Waals surface area (Å²) in [5.74, 6) is -0.398. The lowest BCUT2D eigenvalue weighted by Gasteiger charge is -2.15. The summed E-state index contributed by atoms with van der Waals surface area (Å²) in [6, 6.07) is 9.57. The van der Waals surface area contributed by atoms with Crippen molar-refractivity contribution in [3.63, 3.8) is 0 Å². The molecule has 0 heterocycles. The van der Waals surface area contributed by atoms with Crippen molar-refractivity contribution < 1.29 is 4.39 Å². The van der Waals surface area contributed by atoms with Crippen LogP contribution in [0, 0.1) is 5.82 Å². The fourth-order valence-electron chi connectivity index (χ4n) is 1.67. The smallest absolute Gasteiger partial charge is 0.129 e. The molecule has 0 aromatic heterocycles. The molecule has 1 nitrogen and oxygen atoms in total. The van der Waals surface area contributed by atoms with Gasteiger partial charge in [0.1, 0.15) is 5.82 Å². The van der Waals surface area contributed by atoms with Crippen molar-refractivity contribution in [3.05, 3.63) is 67.3 Å². The second-order valence-electron chi connectivity index (χ2n) is 3.81. The summed E-state index contributed by atoms with van der Waals surface area (Å²) in [6.45, 7) is 0. The van der Waals surface area contributed by atoms with Crippen molar-refractivity contribution in [1.29, 1.82) is 0 Å². The minimum Gasteiger partial charge on any atom is -0.320 e. The second-order valence-corrected chi connectivity index (χ2v) is 6.02. The van der Waals surface area contributed by atoms with Crippen LogP contribution in [0.3, 0.4) is 0 Å². The van der Waals surface area contributed by atoms with E-state index in [-0.39, 0.29) is 0 Å². The summed E-state index contributed by atoms with van der Waals surface area (Å²) in [7, 11) is 0. The van der Waals surface area contributed by atoms with Gasteiger partial charge in [0, 0.05) is 19.5 Å². The van der Waals surface area contributed by atoms with E-state index in [4.69, 9.17) is 17.3 Å². The molecule has 0 amide bonds. The van der Waals surface area contributed by atoms with Crippen LogP contribution >= 0.6 is 43.5 Å². The van der Waals surface area contributed by atoms with Crippen LogP contribution in [0.15, 0.2) is 45.3 Å². The lowest BCUT2D eigenvalue weighted by atomic mass is 9.99. The lowest BCUT2D eigenvalue weighted by Crippen LogP contribution is -2.14. The molecule has 2 aromatic rings. The van der Waals surface area contributed by atoms with Gasteiger partial charge in [0.05, 0.1) is 6.04 Å². The Balaban J connectivity index is 2.44. The van der Waals surface area contributed by atoms with E-state index < -0.39 is 11.9 Å². The number of halogens is 4. The third-order valence-corrected chi connectivity index (χ3v) is 4.01. The van der Waals surface area contributed by atoms with E-state index in [0.717, 1.165) is 14.5 Å². The van der Waals surface area contributed by atoms with Gasteiger partial charge < -0.3 is 5.73 Å². The van der Waals surface area contributed by atoms with E-state index in [0.29, 0.717) is 10.6 Å². The predicted octanol–water partition coefficient (Wildman–Crippen LogP) is 5.05. The van der Waals surface area contributed by atoms with Crippen LogP contribution in [0.1, 0.15) is 17.2 Å². The molecule has 18 heavy (non-hydrogen) atoms. The Morgan fingerprint density at radius 1 is 1.06 bits per heavy atom. The molecule has 0 saturated carbocycles. The van der Waals surface area contributed by atoms with Gasteiger partial charge in [-0.05, 0) is 29.8 Å². The molecule has 5 heteroatoms. The van der Waals surface area contributed by atoms with Gasteiger partial charge in [0.15, 0.2) is 0 Å². The van der Waals surface area contributed by atoms with Crippen LogP contribution in [0.4, 0.5) is 4.39 Å². The van der Waals surface area contributed by atoms with E-state index in [9.17, 15) is 4.39 Å². The molecule has 0 aliphatic rings. The molecule has 0 aliphatic heterocycles. The van der Waals surface area contributed by atoms with E-state index in [1.807, 2.05) is 18.2 Å². The zero-order valence-electron chi connectivity index (χ0n) is 9.13. The summed E-state index contributed by atoms with van der Waals surface area (Å²) >= 11 is 12.5. The van der Waals surface area contributed by atoms with Gasteiger partial charge in [-0.3, -0.25) is 0 Å². The van der Waals surface area contributed by atoms with E-state index in [1.54, 1.807) is 12.1 Å². The maximum atomic E-state index is 13.8. The third-order valence-electron chi connectivity index (χ3n) is 2.60. The van der Waals surface area contributed by atoms with E-state index >= 15 is 0 Å². The molecule has 0 aliphatic carbocycles. The maximum Gasteiger partial charge on any atom is 0.129 e. The first-order valence-electron chi connectivity index (χ1n) is 5.14. The molecule has 0 radical (unpaired) electrons. The van der Waals surface area contributed by atoms with E-state index in [2.05, 4.69) is 31.9 Å². The Kier molecular flexibility index (Phi) is 4.43. The van der Waals surface area contributed by atoms with Gasteiger partial charge in [-0.25, -0.2) is 4.39 Å². The largest absolute Gasteiger partial charge is 0.320 e. The molecule has 1 atom stereocenters. The van der Waals surface area contributed by atoms with Crippen LogP contribution in [0.25, 0.3) is 0 Å². The molecule has 0 bridgehead atoms. The standard InChI is InChI=1S/C13H9Br2ClFN/c14-7-1-3-9(11(15)5-7)13(18)10-4-2-8(16)6-12(10)17/h1-6,13H,18H2. The highest BCUT2D eigenvalue weighted by atomic mass is 79.9. The number of nitrogens with two attached hydrogens (primary N) is 1. The van der Waals surface area contributed by atoms with Crippen molar-refractivity contribution in [2.75, 3.05) is 0 Å². The van der Waals surface area contributed by atoms with Crippen molar-refractivity contribution >= 4 is 43.5 Å². The van der Waals surface area contributed by atoms with Crippen LogP contribution < -0.4 is 5.73 Å². The van der Waals surface area contributed by atoms with Crippen molar-refractivity contribution in [2.45, 2.75) is 6.04 Å². The van der Waals surface area contributed by atoms with Crippen LogP contribution in [0.2, 0.25) is 5.02 Å². The van der Waals surface area contributed by atoms with Gasteiger partial charge in [-0.15, -0.1) is 0 Å². The Morgan fingerprint density at radius 2 is 1.72 bits per heavy atom. The van der Waals surface area contributed by atoms with Gasteiger partial charge >= 0.3 is 0 Å². The fourth-order valence-corrected chi connectivity index (χ4v) is 3.13. The van der Waals surface area contributed by atoms with Crippen molar-refractivity contribution in [3.8, 4) is 0 Å². The van der Waals surface area contributed by atoms with Crippen molar-refractivity contribution in [2.24, 2.45) is 5.73 Å². The molecular formula is C13H9Br2ClFN. The molecule has 0 saturated heterocycles.